The number of rotatable bonds is 5. The molecule has 1 aromatic carbocycles. The highest BCUT2D eigenvalue weighted by Gasteiger charge is 2.27. The molecule has 5 nitrogen and oxygen atoms in total. The Morgan fingerprint density at radius 3 is 2.46 bits per heavy atom. The van der Waals surface area contributed by atoms with Gasteiger partial charge in [-0.05, 0) is 45.4 Å². The van der Waals surface area contributed by atoms with E-state index in [1.165, 1.54) is 25.1 Å². The van der Waals surface area contributed by atoms with Crippen molar-refractivity contribution in [1.82, 2.24) is 5.32 Å². The first-order chi connectivity index (χ1) is 12.0. The quantitative estimate of drug-likeness (QED) is 0.631. The van der Waals surface area contributed by atoms with Gasteiger partial charge in [0, 0.05) is 17.5 Å². The molecule has 0 spiro atoms. The second-order valence-electron chi connectivity index (χ2n) is 6.99. The summed E-state index contributed by atoms with van der Waals surface area (Å²) in [6.07, 6.45) is 1.03. The Hall–Kier alpha value is -2.47. The molecule has 26 heavy (non-hydrogen) atoms. The van der Waals surface area contributed by atoms with Crippen LogP contribution in [0, 0.1) is 12.7 Å². The van der Waals surface area contributed by atoms with Crippen molar-refractivity contribution in [3.63, 3.8) is 0 Å². The van der Waals surface area contributed by atoms with Crippen molar-refractivity contribution in [3.8, 4) is 0 Å². The fraction of sp³-hybridized carbons (Fsp3) is 0.316. The monoisotopic (exact) mass is 379 g/mol. The number of amides is 1. The fourth-order valence-electron chi connectivity index (χ4n) is 2.35. The van der Waals surface area contributed by atoms with E-state index in [0.29, 0.717) is 5.56 Å². The van der Waals surface area contributed by atoms with E-state index in [2.05, 4.69) is 5.32 Å². The molecule has 0 atom stereocenters. The first-order valence-corrected chi connectivity index (χ1v) is 8.29. The minimum atomic E-state index is -0.773. The van der Waals surface area contributed by atoms with E-state index in [1.54, 1.807) is 20.8 Å². The Labute approximate surface area is 155 Å². The lowest BCUT2D eigenvalue weighted by Gasteiger charge is -2.19. The molecule has 1 aromatic heterocycles. The maximum absolute atomic E-state index is 13.2. The molecule has 0 aliphatic heterocycles. The van der Waals surface area contributed by atoms with Crippen LogP contribution in [0.1, 0.15) is 52.8 Å². The predicted octanol–water partition coefficient (Wildman–Crippen LogP) is 3.90. The minimum Gasteiger partial charge on any atom is -0.460 e. The first kappa shape index (κ1) is 19.8. The number of Topliss-reactive ketones (excluding diaryl/α,β-unsaturated/α-hetero) is 2. The summed E-state index contributed by atoms with van der Waals surface area (Å²) >= 11 is 5.71. The Morgan fingerprint density at radius 2 is 1.88 bits per heavy atom. The summed E-state index contributed by atoms with van der Waals surface area (Å²) in [4.78, 5) is 36.7. The predicted molar refractivity (Wildman–Crippen MR) is 95.1 cm³/mol. The maximum atomic E-state index is 13.2. The summed E-state index contributed by atoms with van der Waals surface area (Å²) in [7, 11) is 0. The molecule has 0 unspecified atom stereocenters. The van der Waals surface area contributed by atoms with Crippen molar-refractivity contribution in [2.75, 3.05) is 0 Å². The van der Waals surface area contributed by atoms with E-state index in [4.69, 9.17) is 16.0 Å². The van der Waals surface area contributed by atoms with Gasteiger partial charge in [-0.25, -0.2) is 4.39 Å². The molecular weight excluding hydrogens is 361 g/mol. The molecule has 7 heteroatoms. The second-order valence-corrected chi connectivity index (χ2v) is 7.39. The maximum Gasteiger partial charge on any atom is 0.292 e. The Kier molecular flexibility index (Phi) is 5.66. The van der Waals surface area contributed by atoms with Gasteiger partial charge in [0.1, 0.15) is 12.1 Å². The fourth-order valence-corrected chi connectivity index (χ4v) is 2.55. The second kappa shape index (κ2) is 7.41. The number of carbonyl (C=O) groups is 3. The van der Waals surface area contributed by atoms with E-state index >= 15 is 0 Å². The van der Waals surface area contributed by atoms with Gasteiger partial charge in [0.05, 0.1) is 10.6 Å². The zero-order valence-corrected chi connectivity index (χ0v) is 15.7. The summed E-state index contributed by atoms with van der Waals surface area (Å²) < 4.78 is 18.4. The van der Waals surface area contributed by atoms with Crippen molar-refractivity contribution < 1.29 is 23.2 Å². The van der Waals surface area contributed by atoms with Crippen LogP contribution in [-0.4, -0.2) is 23.0 Å². The van der Waals surface area contributed by atoms with Gasteiger partial charge in [0.15, 0.2) is 5.76 Å². The number of carbonyl (C=O) groups excluding carboxylic acids is 3. The number of benzene rings is 1. The van der Waals surface area contributed by atoms with Crippen molar-refractivity contribution >= 4 is 29.1 Å². The zero-order valence-electron chi connectivity index (χ0n) is 14.9. The number of hydrogen-bond donors (Lipinski definition) is 1. The molecule has 2 aromatic rings. The van der Waals surface area contributed by atoms with Crippen LogP contribution in [-0.2, 0) is 11.2 Å². The van der Waals surface area contributed by atoms with E-state index in [-0.39, 0.29) is 28.3 Å². The van der Waals surface area contributed by atoms with Gasteiger partial charge < -0.3 is 9.73 Å². The van der Waals surface area contributed by atoms with E-state index in [9.17, 15) is 18.8 Å². The van der Waals surface area contributed by atoms with Crippen LogP contribution in [0.25, 0.3) is 0 Å². The molecule has 0 aliphatic rings. The van der Waals surface area contributed by atoms with Gasteiger partial charge >= 0.3 is 0 Å². The summed E-state index contributed by atoms with van der Waals surface area (Å²) in [5.41, 5.74) is 0.269. The lowest BCUT2D eigenvalue weighted by molar-refractivity contribution is -0.118. The highest BCUT2D eigenvalue weighted by molar-refractivity contribution is 6.43. The van der Waals surface area contributed by atoms with E-state index in [1.807, 2.05) is 0 Å². The first-order valence-electron chi connectivity index (χ1n) is 7.91. The van der Waals surface area contributed by atoms with Crippen LogP contribution in [0.4, 0.5) is 4.39 Å². The van der Waals surface area contributed by atoms with Gasteiger partial charge in [0.2, 0.25) is 5.78 Å². The third kappa shape index (κ3) is 4.58. The van der Waals surface area contributed by atoms with Gasteiger partial charge in [-0.2, -0.15) is 0 Å². The lowest BCUT2D eigenvalue weighted by Crippen LogP contribution is -2.44. The van der Waals surface area contributed by atoms with Crippen LogP contribution >= 0.6 is 11.6 Å². The molecule has 138 valence electrons. The Bertz CT molecular complexity index is 880. The van der Waals surface area contributed by atoms with Gasteiger partial charge in [-0.15, -0.1) is 0 Å². The average molecular weight is 380 g/mol. The van der Waals surface area contributed by atoms with Crippen LogP contribution in [0.5, 0.6) is 0 Å². The standard InChI is InChI=1S/C19H19ClFNO4/c1-10-12(16(24)18(25)22-19(2,3)4)9-26-17(10)15(23)8-11-5-6-14(21)13(20)7-11/h5-7,9H,8H2,1-4H3,(H,22,25). The molecule has 1 amide bonds. The molecule has 0 radical (unpaired) electrons. The number of nitrogens with one attached hydrogen (secondary N) is 1. The van der Waals surface area contributed by atoms with Crippen molar-refractivity contribution in [3.05, 3.63) is 57.8 Å². The summed E-state index contributed by atoms with van der Waals surface area (Å²) in [5.74, 6) is -2.54. The van der Waals surface area contributed by atoms with Gasteiger partial charge in [0.25, 0.3) is 11.7 Å². The zero-order chi connectivity index (χ0) is 19.6. The number of hydrogen-bond acceptors (Lipinski definition) is 4. The SMILES string of the molecule is Cc1c(C(=O)C(=O)NC(C)(C)C)coc1C(=O)Cc1ccc(F)c(Cl)c1. The third-order valence-electron chi connectivity index (χ3n) is 3.58. The normalized spacial score (nSPS) is 11.3. The van der Waals surface area contributed by atoms with E-state index in [0.717, 1.165) is 6.26 Å². The average Bonchev–Trinajstić information content (AvgIpc) is 2.90. The molecule has 0 saturated carbocycles. The Morgan fingerprint density at radius 1 is 1.23 bits per heavy atom. The van der Waals surface area contributed by atoms with Crippen LogP contribution in [0.15, 0.2) is 28.9 Å². The molecule has 1 N–H and O–H groups in total. The molecule has 0 aliphatic carbocycles. The molecule has 0 bridgehead atoms. The van der Waals surface area contributed by atoms with Crippen molar-refractivity contribution in [1.29, 1.82) is 0 Å². The van der Waals surface area contributed by atoms with Crippen LogP contribution < -0.4 is 5.32 Å². The third-order valence-corrected chi connectivity index (χ3v) is 3.87. The molecule has 0 fully saturated rings. The number of ketones is 2. The molecule has 0 saturated heterocycles. The summed E-state index contributed by atoms with van der Waals surface area (Å²) in [6, 6.07) is 3.97. The number of furan rings is 1. The van der Waals surface area contributed by atoms with E-state index < -0.39 is 28.8 Å². The summed E-state index contributed by atoms with van der Waals surface area (Å²) in [5, 5.41) is 2.49. The van der Waals surface area contributed by atoms with Crippen molar-refractivity contribution in [2.45, 2.75) is 39.7 Å². The molecular formula is C19H19ClFNO4. The van der Waals surface area contributed by atoms with Crippen LogP contribution in [0.3, 0.4) is 0 Å². The van der Waals surface area contributed by atoms with Crippen LogP contribution in [0.2, 0.25) is 5.02 Å². The Balaban J connectivity index is 2.19. The smallest absolute Gasteiger partial charge is 0.292 e. The highest BCUT2D eigenvalue weighted by Crippen LogP contribution is 2.21. The highest BCUT2D eigenvalue weighted by atomic mass is 35.5. The lowest BCUT2D eigenvalue weighted by atomic mass is 10.0. The van der Waals surface area contributed by atoms with Gasteiger partial charge in [-0.1, -0.05) is 17.7 Å². The molecule has 2 rings (SSSR count). The van der Waals surface area contributed by atoms with Gasteiger partial charge in [-0.3, -0.25) is 14.4 Å². The topological polar surface area (TPSA) is 76.4 Å². The molecule has 1 heterocycles. The largest absolute Gasteiger partial charge is 0.460 e. The number of halogens is 2. The van der Waals surface area contributed by atoms with Crippen molar-refractivity contribution in [2.24, 2.45) is 0 Å². The summed E-state index contributed by atoms with van der Waals surface area (Å²) in [6.45, 7) is 6.79. The minimum absolute atomic E-state index is 0.0163.